The largest absolute Gasteiger partial charge is 0.510 e. The van der Waals surface area contributed by atoms with Crippen molar-refractivity contribution in [3.63, 3.8) is 0 Å². The van der Waals surface area contributed by atoms with Crippen LogP contribution in [0.25, 0.3) is 0 Å². The topological polar surface area (TPSA) is 86.6 Å². The lowest BCUT2D eigenvalue weighted by atomic mass is 10.2. The molecule has 0 bridgehead atoms. The first kappa shape index (κ1) is 13.1. The molecule has 1 aliphatic rings. The van der Waals surface area contributed by atoms with E-state index < -0.39 is 12.4 Å². The molecule has 8 nitrogen and oxygen atoms in total. The number of aromatic nitrogens is 3. The fourth-order valence-corrected chi connectivity index (χ4v) is 1.82. The number of carbonyl (C=O) groups excluding carboxylic acids is 2. The smallest absolute Gasteiger partial charge is 0.438 e. The normalized spacial score (nSPS) is 19.1. The Kier molecular flexibility index (Phi) is 3.24. The first-order valence-corrected chi connectivity index (χ1v) is 5.57. The summed E-state index contributed by atoms with van der Waals surface area (Å²) in [5, 5.41) is 3.90. The first-order valence-electron chi connectivity index (χ1n) is 5.57. The maximum atomic E-state index is 12.2. The molecular weight excluding hydrogens is 252 g/mol. The second-order valence-corrected chi connectivity index (χ2v) is 4.09. The van der Waals surface area contributed by atoms with Gasteiger partial charge in [-0.1, -0.05) is 0 Å². The van der Waals surface area contributed by atoms with E-state index in [0.29, 0.717) is 17.1 Å². The van der Waals surface area contributed by atoms with Crippen molar-refractivity contribution in [2.45, 2.75) is 20.1 Å². The van der Waals surface area contributed by atoms with E-state index in [1.165, 1.54) is 23.0 Å². The number of carbonyl (C=O) groups is 2. The van der Waals surface area contributed by atoms with Gasteiger partial charge in [0.2, 0.25) is 12.2 Å². The minimum atomic E-state index is -0.862. The van der Waals surface area contributed by atoms with Gasteiger partial charge in [0, 0.05) is 12.6 Å². The number of hydrogen-bond acceptors (Lipinski definition) is 6. The van der Waals surface area contributed by atoms with Crippen molar-refractivity contribution in [3.8, 4) is 0 Å². The summed E-state index contributed by atoms with van der Waals surface area (Å²) < 4.78 is 11.0. The quantitative estimate of drug-likeness (QED) is 0.729. The van der Waals surface area contributed by atoms with Gasteiger partial charge in [0.15, 0.2) is 0 Å². The fraction of sp³-hybridized carbons (Fsp3) is 0.455. The van der Waals surface area contributed by atoms with Crippen LogP contribution in [0.1, 0.15) is 13.8 Å². The molecule has 0 aromatic carbocycles. The summed E-state index contributed by atoms with van der Waals surface area (Å²) in [5.74, 6) is 0.0256. The van der Waals surface area contributed by atoms with Gasteiger partial charge in [-0.2, -0.15) is 10.1 Å². The molecule has 1 aromatic rings. The number of hydrogen-bond donors (Lipinski definition) is 0. The average Bonchev–Trinajstić information content (AvgIpc) is 2.88. The van der Waals surface area contributed by atoms with Crippen LogP contribution in [0.2, 0.25) is 0 Å². The Morgan fingerprint density at radius 3 is 2.63 bits per heavy atom. The SMILES string of the molecule is COC(=O)OC1C(C)=C(C)C(=O)N1c1ncnn1C. The van der Waals surface area contributed by atoms with Crippen molar-refractivity contribution in [1.82, 2.24) is 14.8 Å². The van der Waals surface area contributed by atoms with Gasteiger partial charge in [0.05, 0.1) is 7.11 Å². The number of aryl methyl sites for hydroxylation is 1. The molecule has 2 rings (SSSR count). The number of anilines is 1. The standard InChI is InChI=1S/C11H14N4O4/c1-6-7(2)9(19-11(17)18-4)15(8(6)16)10-12-5-13-14(10)3/h5,9H,1-4H3. The lowest BCUT2D eigenvalue weighted by molar-refractivity contribution is -0.115. The zero-order chi connectivity index (χ0) is 14.2. The summed E-state index contributed by atoms with van der Waals surface area (Å²) in [6, 6.07) is 0. The molecule has 0 radical (unpaired) electrons. The molecule has 0 N–H and O–H groups in total. The average molecular weight is 266 g/mol. The van der Waals surface area contributed by atoms with Gasteiger partial charge in [-0.05, 0) is 19.4 Å². The lowest BCUT2D eigenvalue weighted by Gasteiger charge is -2.23. The summed E-state index contributed by atoms with van der Waals surface area (Å²) in [7, 11) is 2.85. The van der Waals surface area contributed by atoms with Gasteiger partial charge in [0.1, 0.15) is 6.33 Å². The van der Waals surface area contributed by atoms with Gasteiger partial charge < -0.3 is 9.47 Å². The molecule has 2 heterocycles. The zero-order valence-electron chi connectivity index (χ0n) is 11.1. The van der Waals surface area contributed by atoms with Gasteiger partial charge >= 0.3 is 6.16 Å². The molecule has 0 aliphatic carbocycles. The third-order valence-corrected chi connectivity index (χ3v) is 3.01. The summed E-state index contributed by atoms with van der Waals surface area (Å²) in [6.45, 7) is 3.39. The van der Waals surface area contributed by atoms with Crippen molar-refractivity contribution in [3.05, 3.63) is 17.5 Å². The van der Waals surface area contributed by atoms with E-state index in [4.69, 9.17) is 4.74 Å². The van der Waals surface area contributed by atoms with Crippen molar-refractivity contribution in [2.75, 3.05) is 12.0 Å². The second kappa shape index (κ2) is 4.71. The van der Waals surface area contributed by atoms with Crippen molar-refractivity contribution >= 4 is 18.0 Å². The number of nitrogens with zero attached hydrogens (tertiary/aromatic N) is 4. The Bertz CT molecular complexity index is 563. The van der Waals surface area contributed by atoms with Crippen LogP contribution in [-0.2, 0) is 21.3 Å². The highest BCUT2D eigenvalue weighted by Crippen LogP contribution is 2.30. The molecule has 1 atom stereocenters. The summed E-state index contributed by atoms with van der Waals surface area (Å²) in [6.07, 6.45) is -0.400. The molecule has 19 heavy (non-hydrogen) atoms. The Morgan fingerprint density at radius 1 is 1.42 bits per heavy atom. The van der Waals surface area contributed by atoms with Crippen LogP contribution < -0.4 is 4.90 Å². The number of rotatable bonds is 2. The Labute approximate surface area is 109 Å². The molecule has 1 aliphatic heterocycles. The van der Waals surface area contributed by atoms with Gasteiger partial charge in [-0.3, -0.25) is 4.79 Å². The minimum absolute atomic E-state index is 0.275. The maximum absolute atomic E-state index is 12.2. The van der Waals surface area contributed by atoms with E-state index >= 15 is 0 Å². The van der Waals surface area contributed by atoms with Crippen LogP contribution in [0.5, 0.6) is 0 Å². The highest BCUT2D eigenvalue weighted by molar-refractivity contribution is 6.08. The number of amides is 1. The van der Waals surface area contributed by atoms with Gasteiger partial charge in [-0.25, -0.2) is 14.4 Å². The van der Waals surface area contributed by atoms with Crippen molar-refractivity contribution in [2.24, 2.45) is 7.05 Å². The van der Waals surface area contributed by atoms with E-state index in [2.05, 4.69) is 14.8 Å². The molecular formula is C11H14N4O4. The monoisotopic (exact) mass is 266 g/mol. The van der Waals surface area contributed by atoms with Crippen LogP contribution in [0.3, 0.4) is 0 Å². The lowest BCUT2D eigenvalue weighted by Crippen LogP contribution is -2.40. The Balaban J connectivity index is 2.39. The van der Waals surface area contributed by atoms with Gasteiger partial charge in [0.25, 0.3) is 5.91 Å². The zero-order valence-corrected chi connectivity index (χ0v) is 11.1. The third-order valence-electron chi connectivity index (χ3n) is 3.01. The van der Waals surface area contributed by atoms with E-state index in [1.54, 1.807) is 20.9 Å². The van der Waals surface area contributed by atoms with Crippen molar-refractivity contribution < 1.29 is 19.1 Å². The van der Waals surface area contributed by atoms with E-state index in [9.17, 15) is 9.59 Å². The summed E-state index contributed by atoms with van der Waals surface area (Å²) in [4.78, 5) is 28.8. The molecule has 1 unspecified atom stereocenters. The molecule has 1 amide bonds. The molecule has 102 valence electrons. The van der Waals surface area contributed by atoms with Gasteiger partial charge in [-0.15, -0.1) is 0 Å². The van der Waals surface area contributed by atoms with Crippen LogP contribution in [0.15, 0.2) is 17.5 Å². The van der Waals surface area contributed by atoms with E-state index in [1.807, 2.05) is 0 Å². The van der Waals surface area contributed by atoms with Crippen LogP contribution in [-0.4, -0.2) is 40.2 Å². The second-order valence-electron chi connectivity index (χ2n) is 4.09. The Hall–Kier alpha value is -2.38. The molecule has 0 spiro atoms. The van der Waals surface area contributed by atoms with Crippen LogP contribution in [0.4, 0.5) is 10.7 Å². The summed E-state index contributed by atoms with van der Waals surface area (Å²) >= 11 is 0. The minimum Gasteiger partial charge on any atom is -0.438 e. The predicted molar refractivity (Wildman–Crippen MR) is 64.1 cm³/mol. The molecule has 0 fully saturated rings. The maximum Gasteiger partial charge on any atom is 0.510 e. The molecule has 1 aromatic heterocycles. The fourth-order valence-electron chi connectivity index (χ4n) is 1.82. The molecule has 8 heteroatoms. The van der Waals surface area contributed by atoms with Crippen LogP contribution in [0, 0.1) is 0 Å². The number of ether oxygens (including phenoxy) is 2. The predicted octanol–water partition coefficient (Wildman–Crippen LogP) is 0.607. The van der Waals surface area contributed by atoms with E-state index in [-0.39, 0.29) is 5.91 Å². The summed E-state index contributed by atoms with van der Waals surface area (Å²) in [5.41, 5.74) is 1.15. The highest BCUT2D eigenvalue weighted by Gasteiger charge is 2.41. The van der Waals surface area contributed by atoms with Crippen molar-refractivity contribution in [1.29, 1.82) is 0 Å². The van der Waals surface area contributed by atoms with E-state index in [0.717, 1.165) is 0 Å². The third kappa shape index (κ3) is 2.05. The number of methoxy groups -OCH3 is 1. The highest BCUT2D eigenvalue weighted by atomic mass is 16.7. The van der Waals surface area contributed by atoms with Crippen LogP contribution >= 0.6 is 0 Å². The first-order chi connectivity index (χ1) is 8.97. The Morgan fingerprint density at radius 2 is 2.11 bits per heavy atom. The molecule has 0 saturated carbocycles. The molecule has 0 saturated heterocycles.